The van der Waals surface area contributed by atoms with E-state index in [-0.39, 0.29) is 24.1 Å². The van der Waals surface area contributed by atoms with Crippen molar-refractivity contribution in [2.45, 2.75) is 12.8 Å². The van der Waals surface area contributed by atoms with Crippen molar-refractivity contribution < 1.29 is 9.31 Å². The highest BCUT2D eigenvalue weighted by Gasteiger charge is 2.16. The standard InChI is InChI=1S/C9H7FN2O2/c10-8-4-1-5-9(12(13)14)7(8)3-2-6-11/h1,4-5H,2-3H2. The van der Waals surface area contributed by atoms with Crippen LogP contribution in [0.2, 0.25) is 0 Å². The molecular weight excluding hydrogens is 187 g/mol. The van der Waals surface area contributed by atoms with E-state index in [0.29, 0.717) is 0 Å². The molecule has 0 bridgehead atoms. The minimum Gasteiger partial charge on any atom is -0.258 e. The summed E-state index contributed by atoms with van der Waals surface area (Å²) >= 11 is 0. The third kappa shape index (κ3) is 2.04. The highest BCUT2D eigenvalue weighted by molar-refractivity contribution is 5.41. The fraction of sp³-hybridized carbons (Fsp3) is 0.222. The quantitative estimate of drug-likeness (QED) is 0.547. The minimum absolute atomic E-state index is 0.000880. The Morgan fingerprint density at radius 1 is 1.57 bits per heavy atom. The molecule has 0 aliphatic rings. The van der Waals surface area contributed by atoms with E-state index in [0.717, 1.165) is 6.07 Å². The van der Waals surface area contributed by atoms with Crippen LogP contribution in [-0.4, -0.2) is 4.92 Å². The molecule has 0 aliphatic carbocycles. The number of hydrogen-bond donors (Lipinski definition) is 0. The lowest BCUT2D eigenvalue weighted by molar-refractivity contribution is -0.385. The van der Waals surface area contributed by atoms with Crippen molar-refractivity contribution in [3.63, 3.8) is 0 Å². The van der Waals surface area contributed by atoms with Gasteiger partial charge < -0.3 is 0 Å². The maximum Gasteiger partial charge on any atom is 0.275 e. The highest BCUT2D eigenvalue weighted by atomic mass is 19.1. The minimum atomic E-state index is -0.643. The van der Waals surface area contributed by atoms with E-state index in [2.05, 4.69) is 0 Å². The molecule has 1 aromatic carbocycles. The van der Waals surface area contributed by atoms with E-state index >= 15 is 0 Å². The first kappa shape index (κ1) is 10.1. The van der Waals surface area contributed by atoms with Crippen molar-refractivity contribution in [2.24, 2.45) is 0 Å². The van der Waals surface area contributed by atoms with Crippen molar-refractivity contribution in [1.29, 1.82) is 5.26 Å². The third-order valence-corrected chi connectivity index (χ3v) is 1.78. The van der Waals surface area contributed by atoms with Gasteiger partial charge in [0.05, 0.1) is 16.6 Å². The molecule has 0 unspecified atom stereocenters. The Hall–Kier alpha value is -1.96. The zero-order chi connectivity index (χ0) is 10.6. The molecular formula is C9H7FN2O2. The average Bonchev–Trinajstić information content (AvgIpc) is 2.15. The first-order chi connectivity index (χ1) is 6.66. The molecule has 1 rings (SSSR count). The second-order valence-corrected chi connectivity index (χ2v) is 2.65. The Morgan fingerprint density at radius 3 is 2.86 bits per heavy atom. The monoisotopic (exact) mass is 194 g/mol. The van der Waals surface area contributed by atoms with Crippen molar-refractivity contribution in [2.75, 3.05) is 0 Å². The molecule has 0 aromatic heterocycles. The van der Waals surface area contributed by atoms with Gasteiger partial charge in [-0.15, -0.1) is 0 Å². The molecule has 1 aromatic rings. The van der Waals surface area contributed by atoms with Gasteiger partial charge in [-0.25, -0.2) is 4.39 Å². The predicted octanol–water partition coefficient (Wildman–Crippen LogP) is 2.19. The summed E-state index contributed by atoms with van der Waals surface area (Å²) in [4.78, 5) is 9.85. The largest absolute Gasteiger partial charge is 0.275 e. The van der Waals surface area contributed by atoms with Gasteiger partial charge in [-0.1, -0.05) is 6.07 Å². The molecule has 0 aliphatic heterocycles. The van der Waals surface area contributed by atoms with Crippen LogP contribution in [-0.2, 0) is 6.42 Å². The van der Waals surface area contributed by atoms with Crippen molar-refractivity contribution in [1.82, 2.24) is 0 Å². The molecule has 0 heterocycles. The molecule has 0 amide bonds. The number of benzene rings is 1. The first-order valence-corrected chi connectivity index (χ1v) is 3.95. The van der Waals surface area contributed by atoms with Gasteiger partial charge in [0.15, 0.2) is 0 Å². The molecule has 0 fully saturated rings. The molecule has 0 N–H and O–H groups in total. The second kappa shape index (κ2) is 4.33. The lowest BCUT2D eigenvalue weighted by Gasteiger charge is -2.00. The third-order valence-electron chi connectivity index (χ3n) is 1.78. The number of halogens is 1. The molecule has 0 saturated carbocycles. The number of rotatable bonds is 3. The summed E-state index contributed by atoms with van der Waals surface area (Å²) in [6.07, 6.45) is 0.140. The molecule has 14 heavy (non-hydrogen) atoms. The Morgan fingerprint density at radius 2 is 2.29 bits per heavy atom. The summed E-state index contributed by atoms with van der Waals surface area (Å²) in [7, 11) is 0. The van der Waals surface area contributed by atoms with Crippen LogP contribution in [0.3, 0.4) is 0 Å². The predicted molar refractivity (Wildman–Crippen MR) is 47.0 cm³/mol. The topological polar surface area (TPSA) is 66.9 Å². The summed E-state index contributed by atoms with van der Waals surface area (Å²) in [5, 5.41) is 18.8. The van der Waals surface area contributed by atoms with Gasteiger partial charge in [-0.2, -0.15) is 5.26 Å². The normalized spacial score (nSPS) is 9.43. The number of nitrogens with zero attached hydrogens (tertiary/aromatic N) is 2. The smallest absolute Gasteiger partial charge is 0.258 e. The van der Waals surface area contributed by atoms with Crippen molar-refractivity contribution >= 4 is 5.69 Å². The lowest BCUT2D eigenvalue weighted by Crippen LogP contribution is -1.98. The van der Waals surface area contributed by atoms with E-state index in [1.807, 2.05) is 6.07 Å². The van der Waals surface area contributed by atoms with E-state index in [9.17, 15) is 14.5 Å². The Kier molecular flexibility index (Phi) is 3.13. The highest BCUT2D eigenvalue weighted by Crippen LogP contribution is 2.22. The SMILES string of the molecule is N#CCCc1c(F)cccc1[N+](=O)[O-]. The summed E-state index contributed by atoms with van der Waals surface area (Å²) in [6, 6.07) is 5.49. The van der Waals surface area contributed by atoms with Crippen LogP contribution < -0.4 is 0 Å². The van der Waals surface area contributed by atoms with E-state index < -0.39 is 10.7 Å². The van der Waals surface area contributed by atoms with Gasteiger partial charge in [-0.3, -0.25) is 10.1 Å². The molecule has 72 valence electrons. The maximum absolute atomic E-state index is 13.1. The van der Waals surface area contributed by atoms with Crippen LogP contribution in [0.4, 0.5) is 10.1 Å². The Bertz CT molecular complexity index is 398. The van der Waals surface area contributed by atoms with Crippen molar-refractivity contribution in [3.05, 3.63) is 39.7 Å². The summed E-state index contributed by atoms with van der Waals surface area (Å²) < 4.78 is 13.1. The summed E-state index contributed by atoms with van der Waals surface area (Å²) in [6.45, 7) is 0. The Balaban J connectivity index is 3.10. The molecule has 0 radical (unpaired) electrons. The van der Waals surface area contributed by atoms with Crippen molar-refractivity contribution in [3.8, 4) is 6.07 Å². The number of hydrogen-bond acceptors (Lipinski definition) is 3. The molecule has 4 nitrogen and oxygen atoms in total. The maximum atomic E-state index is 13.1. The zero-order valence-electron chi connectivity index (χ0n) is 7.24. The molecule has 0 spiro atoms. The van der Waals surface area contributed by atoms with Gasteiger partial charge in [0.2, 0.25) is 0 Å². The second-order valence-electron chi connectivity index (χ2n) is 2.65. The summed E-state index contributed by atoms with van der Waals surface area (Å²) in [5.41, 5.74) is -0.265. The van der Waals surface area contributed by atoms with Crippen LogP contribution >= 0.6 is 0 Å². The molecule has 5 heteroatoms. The van der Waals surface area contributed by atoms with Crippen LogP contribution in [0.1, 0.15) is 12.0 Å². The number of nitro benzene ring substituents is 1. The van der Waals surface area contributed by atoms with Gasteiger partial charge in [0.1, 0.15) is 5.82 Å². The van der Waals surface area contributed by atoms with Gasteiger partial charge >= 0.3 is 0 Å². The number of nitriles is 1. The van der Waals surface area contributed by atoms with Crippen LogP contribution in [0.5, 0.6) is 0 Å². The zero-order valence-corrected chi connectivity index (χ0v) is 7.24. The van der Waals surface area contributed by atoms with E-state index in [1.54, 1.807) is 0 Å². The Labute approximate surface area is 79.7 Å². The van der Waals surface area contributed by atoms with Crippen LogP contribution in [0, 0.1) is 27.3 Å². The molecule has 0 saturated heterocycles. The lowest BCUT2D eigenvalue weighted by atomic mass is 10.1. The fourth-order valence-electron chi connectivity index (χ4n) is 1.15. The first-order valence-electron chi connectivity index (χ1n) is 3.95. The fourth-order valence-corrected chi connectivity index (χ4v) is 1.15. The van der Waals surface area contributed by atoms with Gasteiger partial charge in [0, 0.05) is 12.5 Å². The van der Waals surface area contributed by atoms with Gasteiger partial charge in [0.25, 0.3) is 5.69 Å². The van der Waals surface area contributed by atoms with E-state index in [1.165, 1.54) is 12.1 Å². The van der Waals surface area contributed by atoms with Crippen LogP contribution in [0.15, 0.2) is 18.2 Å². The average molecular weight is 194 g/mol. The summed E-state index contributed by atoms with van der Waals surface area (Å²) in [5.74, 6) is -0.630. The van der Waals surface area contributed by atoms with Crippen LogP contribution in [0.25, 0.3) is 0 Å². The van der Waals surface area contributed by atoms with Gasteiger partial charge in [-0.05, 0) is 12.5 Å². The number of nitro groups is 1. The molecule has 0 atom stereocenters. The van der Waals surface area contributed by atoms with E-state index in [4.69, 9.17) is 5.26 Å².